The summed E-state index contributed by atoms with van der Waals surface area (Å²) in [5.41, 5.74) is 2.58. The van der Waals surface area contributed by atoms with Gasteiger partial charge in [-0.25, -0.2) is 13.6 Å². The van der Waals surface area contributed by atoms with Crippen LogP contribution in [0.1, 0.15) is 51.2 Å². The van der Waals surface area contributed by atoms with Gasteiger partial charge in [-0.05, 0) is 60.9 Å². The smallest absolute Gasteiger partial charge is 0.320 e. The first-order valence-electron chi connectivity index (χ1n) is 11.6. The number of carbonyl (C=O) groups is 1. The largest absolute Gasteiger partial charge is 0.322 e. The third kappa shape index (κ3) is 4.96. The maximum atomic E-state index is 14.2. The lowest BCUT2D eigenvalue weighted by atomic mass is 9.86. The summed E-state index contributed by atoms with van der Waals surface area (Å²) < 4.78 is 27.4. The molecule has 172 valence electrons. The Bertz CT molecular complexity index is 955. The number of carbonyl (C=O) groups excluding carboxylic acids is 1. The first-order valence-corrected chi connectivity index (χ1v) is 11.6. The highest BCUT2D eigenvalue weighted by atomic mass is 19.1. The molecule has 6 heteroatoms. The normalized spacial score (nSPS) is 21.8. The van der Waals surface area contributed by atoms with Crippen molar-refractivity contribution in [2.24, 2.45) is 0 Å². The van der Waals surface area contributed by atoms with Crippen LogP contribution in [-0.4, -0.2) is 47.5 Å². The highest BCUT2D eigenvalue weighted by Gasteiger charge is 2.39. The summed E-state index contributed by atoms with van der Waals surface area (Å²) in [4.78, 5) is 17.6. The molecule has 32 heavy (non-hydrogen) atoms. The molecule has 0 saturated carbocycles. The van der Waals surface area contributed by atoms with Crippen molar-refractivity contribution < 1.29 is 13.6 Å². The van der Waals surface area contributed by atoms with Crippen LogP contribution in [0.15, 0.2) is 42.5 Å². The van der Waals surface area contributed by atoms with Crippen LogP contribution in [0.3, 0.4) is 0 Å². The summed E-state index contributed by atoms with van der Waals surface area (Å²) in [5, 5.41) is 2.69. The minimum absolute atomic E-state index is 0.00370. The van der Waals surface area contributed by atoms with Gasteiger partial charge in [-0.2, -0.15) is 0 Å². The molecule has 2 aliphatic rings. The second kappa shape index (κ2) is 9.18. The predicted molar refractivity (Wildman–Crippen MR) is 124 cm³/mol. The van der Waals surface area contributed by atoms with Gasteiger partial charge in [0.1, 0.15) is 11.6 Å². The van der Waals surface area contributed by atoms with E-state index in [0.29, 0.717) is 12.6 Å². The number of nitrogens with one attached hydrogen (secondary N) is 1. The molecule has 0 spiro atoms. The average Bonchev–Trinajstić information content (AvgIpc) is 3.13. The highest BCUT2D eigenvalue weighted by molar-refractivity contribution is 5.89. The summed E-state index contributed by atoms with van der Waals surface area (Å²) in [6.45, 7) is 9.25. The molecule has 1 N–H and O–H groups in total. The van der Waals surface area contributed by atoms with Gasteiger partial charge in [0.15, 0.2) is 0 Å². The molecule has 0 aliphatic carbocycles. The van der Waals surface area contributed by atoms with E-state index in [4.69, 9.17) is 0 Å². The summed E-state index contributed by atoms with van der Waals surface area (Å²) in [7, 11) is 0. The highest BCUT2D eigenvalue weighted by Crippen LogP contribution is 2.30. The SMILES string of the molecule is CC(C)(C)c1ccc(CC2[C@@H]3CCCN3CCCN2C(=O)Nc2ccc(F)cc2F)cc1. The maximum Gasteiger partial charge on any atom is 0.322 e. The van der Waals surface area contributed by atoms with Gasteiger partial charge in [-0.3, -0.25) is 4.90 Å². The van der Waals surface area contributed by atoms with Crippen molar-refractivity contribution in [2.75, 3.05) is 25.0 Å². The van der Waals surface area contributed by atoms with E-state index < -0.39 is 11.6 Å². The maximum absolute atomic E-state index is 14.2. The molecule has 2 aromatic carbocycles. The van der Waals surface area contributed by atoms with E-state index in [2.05, 4.69) is 55.3 Å². The Morgan fingerprint density at radius 2 is 1.75 bits per heavy atom. The average molecular weight is 442 g/mol. The lowest BCUT2D eigenvalue weighted by molar-refractivity contribution is 0.153. The van der Waals surface area contributed by atoms with Gasteiger partial charge in [0.2, 0.25) is 0 Å². The third-order valence-corrected chi connectivity index (χ3v) is 6.80. The van der Waals surface area contributed by atoms with E-state index in [9.17, 15) is 13.6 Å². The van der Waals surface area contributed by atoms with Crippen LogP contribution in [0.25, 0.3) is 0 Å². The Morgan fingerprint density at radius 1 is 1.03 bits per heavy atom. The molecule has 2 fully saturated rings. The Labute approximate surface area is 189 Å². The quantitative estimate of drug-likeness (QED) is 0.675. The van der Waals surface area contributed by atoms with Crippen molar-refractivity contribution in [3.63, 3.8) is 0 Å². The first kappa shape index (κ1) is 22.7. The monoisotopic (exact) mass is 441 g/mol. The minimum Gasteiger partial charge on any atom is -0.320 e. The van der Waals surface area contributed by atoms with Crippen molar-refractivity contribution >= 4 is 11.7 Å². The number of nitrogens with zero attached hydrogens (tertiary/aromatic N) is 2. The molecular weight excluding hydrogens is 408 g/mol. The number of anilines is 1. The van der Waals surface area contributed by atoms with E-state index >= 15 is 0 Å². The molecule has 0 bridgehead atoms. The fourth-order valence-electron chi connectivity index (χ4n) is 5.04. The van der Waals surface area contributed by atoms with Gasteiger partial charge in [-0.15, -0.1) is 0 Å². The molecule has 2 aromatic rings. The molecular formula is C26H33F2N3O. The first-order chi connectivity index (χ1) is 15.2. The van der Waals surface area contributed by atoms with Crippen LogP contribution < -0.4 is 5.32 Å². The number of hydrogen-bond acceptors (Lipinski definition) is 2. The molecule has 2 heterocycles. The summed E-state index contributed by atoms with van der Waals surface area (Å²) >= 11 is 0. The number of benzene rings is 2. The van der Waals surface area contributed by atoms with Crippen LogP contribution in [0.5, 0.6) is 0 Å². The lowest BCUT2D eigenvalue weighted by Crippen LogP contribution is -2.51. The molecule has 2 amide bonds. The number of hydrogen-bond donors (Lipinski definition) is 1. The molecule has 4 rings (SSSR count). The molecule has 2 atom stereocenters. The Balaban J connectivity index is 1.58. The fourth-order valence-corrected chi connectivity index (χ4v) is 5.04. The number of rotatable bonds is 3. The van der Waals surface area contributed by atoms with Gasteiger partial charge < -0.3 is 10.2 Å². The van der Waals surface area contributed by atoms with Crippen LogP contribution >= 0.6 is 0 Å². The molecule has 2 saturated heterocycles. The molecule has 2 aliphatic heterocycles. The van der Waals surface area contributed by atoms with Crippen LogP contribution in [-0.2, 0) is 11.8 Å². The van der Waals surface area contributed by atoms with Gasteiger partial charge >= 0.3 is 6.03 Å². The van der Waals surface area contributed by atoms with Crippen molar-refractivity contribution in [2.45, 2.75) is 64.0 Å². The van der Waals surface area contributed by atoms with Crippen LogP contribution in [0, 0.1) is 11.6 Å². The Hall–Kier alpha value is -2.47. The van der Waals surface area contributed by atoms with Crippen molar-refractivity contribution in [1.82, 2.24) is 9.80 Å². The second-order valence-electron chi connectivity index (χ2n) is 10.1. The predicted octanol–water partition coefficient (Wildman–Crippen LogP) is 5.58. The standard InChI is InChI=1S/C26H33F2N3O/c1-26(2,3)19-9-7-18(8-10-19)16-24-23-6-4-13-30(23)14-5-15-31(24)25(32)29-22-12-11-20(27)17-21(22)28/h7-12,17,23-24H,4-6,13-16H2,1-3H3,(H,29,32)/t23-,24?/m0/s1. The zero-order valence-corrected chi connectivity index (χ0v) is 19.2. The van der Waals surface area contributed by atoms with E-state index in [1.54, 1.807) is 0 Å². The van der Waals surface area contributed by atoms with Crippen molar-refractivity contribution in [3.05, 3.63) is 65.2 Å². The number of fused-ring (bicyclic) bond motifs is 1. The summed E-state index contributed by atoms with van der Waals surface area (Å²) in [6, 6.07) is 11.9. The van der Waals surface area contributed by atoms with Gasteiger partial charge in [0.25, 0.3) is 0 Å². The van der Waals surface area contributed by atoms with E-state index in [1.807, 2.05) is 4.90 Å². The van der Waals surface area contributed by atoms with Crippen LogP contribution in [0.4, 0.5) is 19.3 Å². The zero-order chi connectivity index (χ0) is 22.9. The zero-order valence-electron chi connectivity index (χ0n) is 19.2. The lowest BCUT2D eigenvalue weighted by Gasteiger charge is -2.36. The Kier molecular flexibility index (Phi) is 6.52. The third-order valence-electron chi connectivity index (χ3n) is 6.80. The minimum atomic E-state index is -0.759. The number of amides is 2. The Morgan fingerprint density at radius 3 is 2.44 bits per heavy atom. The van der Waals surface area contributed by atoms with Gasteiger partial charge in [-0.1, -0.05) is 45.0 Å². The van der Waals surface area contributed by atoms with Gasteiger partial charge in [0, 0.05) is 25.2 Å². The van der Waals surface area contributed by atoms with E-state index in [0.717, 1.165) is 50.9 Å². The molecule has 4 nitrogen and oxygen atoms in total. The second-order valence-corrected chi connectivity index (χ2v) is 10.1. The van der Waals surface area contributed by atoms with Crippen molar-refractivity contribution in [3.8, 4) is 0 Å². The molecule has 1 unspecified atom stereocenters. The molecule has 0 aromatic heterocycles. The molecule has 0 radical (unpaired) electrons. The van der Waals surface area contributed by atoms with E-state index in [1.165, 1.54) is 17.2 Å². The number of urea groups is 1. The van der Waals surface area contributed by atoms with E-state index in [-0.39, 0.29) is 23.2 Å². The van der Waals surface area contributed by atoms with Crippen LogP contribution in [0.2, 0.25) is 0 Å². The summed E-state index contributed by atoms with van der Waals surface area (Å²) in [6.07, 6.45) is 3.83. The summed E-state index contributed by atoms with van der Waals surface area (Å²) in [5.74, 6) is -1.42. The van der Waals surface area contributed by atoms with Crippen molar-refractivity contribution in [1.29, 1.82) is 0 Å². The topological polar surface area (TPSA) is 35.6 Å². The fraction of sp³-hybridized carbons (Fsp3) is 0.500. The van der Waals surface area contributed by atoms with Gasteiger partial charge in [0.05, 0.1) is 11.7 Å². The number of halogens is 2.